The van der Waals surface area contributed by atoms with Crippen LogP contribution in [0.2, 0.25) is 0 Å². The van der Waals surface area contributed by atoms with Gasteiger partial charge >= 0.3 is 6.09 Å². The van der Waals surface area contributed by atoms with Crippen LogP contribution in [0.4, 0.5) is 4.79 Å². The SMILES string of the molecule is Cc1cn2cc(/C(=N/CS)SC(C)CCNC(=O)OC(C)(C)C)nc2c(C)n1. The van der Waals surface area contributed by atoms with E-state index in [9.17, 15) is 4.79 Å². The summed E-state index contributed by atoms with van der Waals surface area (Å²) in [5.41, 5.74) is 2.96. The number of nitrogens with zero attached hydrogens (tertiary/aromatic N) is 4. The molecule has 0 saturated heterocycles. The van der Waals surface area contributed by atoms with E-state index in [1.54, 1.807) is 11.8 Å². The average molecular weight is 424 g/mol. The number of carbonyl (C=O) groups excluding carboxylic acids is 1. The van der Waals surface area contributed by atoms with Crippen molar-refractivity contribution in [3.63, 3.8) is 0 Å². The standard InChI is InChI=1S/C19H29N5O2S2/c1-12-9-24-10-15(23-16(24)14(3)22-12)17(21-11-27)28-13(2)7-8-20-18(25)26-19(4,5)6/h9-10,13,27H,7-8,11H2,1-6H3,(H,20,25)/b21-17-. The lowest BCUT2D eigenvalue weighted by molar-refractivity contribution is 0.0527. The summed E-state index contributed by atoms with van der Waals surface area (Å²) < 4.78 is 7.24. The Balaban J connectivity index is 2.00. The van der Waals surface area contributed by atoms with Crippen molar-refractivity contribution in [3.8, 4) is 0 Å². The topological polar surface area (TPSA) is 80.9 Å². The third-order valence-corrected chi connectivity index (χ3v) is 5.03. The molecule has 0 aliphatic rings. The van der Waals surface area contributed by atoms with Crippen LogP contribution in [-0.2, 0) is 4.74 Å². The predicted molar refractivity (Wildman–Crippen MR) is 119 cm³/mol. The van der Waals surface area contributed by atoms with Gasteiger partial charge in [0.05, 0.1) is 17.3 Å². The van der Waals surface area contributed by atoms with Crippen molar-refractivity contribution >= 4 is 41.2 Å². The van der Waals surface area contributed by atoms with Crippen LogP contribution in [0.3, 0.4) is 0 Å². The number of amides is 1. The molecule has 28 heavy (non-hydrogen) atoms. The van der Waals surface area contributed by atoms with Gasteiger partial charge in [-0.1, -0.05) is 6.92 Å². The Morgan fingerprint density at radius 1 is 1.36 bits per heavy atom. The van der Waals surface area contributed by atoms with Crippen molar-refractivity contribution in [1.29, 1.82) is 0 Å². The van der Waals surface area contributed by atoms with Gasteiger partial charge in [-0.3, -0.25) is 9.98 Å². The molecule has 0 aromatic carbocycles. The van der Waals surface area contributed by atoms with Crippen molar-refractivity contribution in [2.24, 2.45) is 4.99 Å². The van der Waals surface area contributed by atoms with E-state index in [4.69, 9.17) is 9.72 Å². The zero-order valence-electron chi connectivity index (χ0n) is 17.3. The summed E-state index contributed by atoms with van der Waals surface area (Å²) in [7, 11) is 0. The van der Waals surface area contributed by atoms with Gasteiger partial charge in [-0.05, 0) is 41.0 Å². The second-order valence-corrected chi connectivity index (χ2v) is 9.29. The second-order valence-electron chi connectivity index (χ2n) is 7.58. The van der Waals surface area contributed by atoms with E-state index < -0.39 is 11.7 Å². The first-order chi connectivity index (χ1) is 13.1. The number of carbonyl (C=O) groups is 1. The zero-order valence-corrected chi connectivity index (χ0v) is 19.0. The molecular formula is C19H29N5O2S2. The molecule has 1 unspecified atom stereocenters. The summed E-state index contributed by atoms with van der Waals surface area (Å²) in [6.07, 6.45) is 4.31. The minimum Gasteiger partial charge on any atom is -0.444 e. The number of aryl methyl sites for hydroxylation is 2. The molecule has 7 nitrogen and oxygen atoms in total. The van der Waals surface area contributed by atoms with Crippen molar-refractivity contribution in [1.82, 2.24) is 19.7 Å². The van der Waals surface area contributed by atoms with Crippen LogP contribution in [0.25, 0.3) is 5.65 Å². The number of nitrogens with one attached hydrogen (secondary N) is 1. The highest BCUT2D eigenvalue weighted by Gasteiger charge is 2.17. The minimum absolute atomic E-state index is 0.236. The highest BCUT2D eigenvalue weighted by Crippen LogP contribution is 2.22. The first kappa shape index (κ1) is 22.5. The van der Waals surface area contributed by atoms with Gasteiger partial charge < -0.3 is 14.5 Å². The van der Waals surface area contributed by atoms with Gasteiger partial charge in [0.25, 0.3) is 0 Å². The van der Waals surface area contributed by atoms with Crippen molar-refractivity contribution in [2.45, 2.75) is 58.8 Å². The number of aromatic nitrogens is 3. The number of hydrogen-bond acceptors (Lipinski definition) is 7. The lowest BCUT2D eigenvalue weighted by atomic mass is 10.2. The molecule has 2 aromatic heterocycles. The number of rotatable bonds is 6. The van der Waals surface area contributed by atoms with E-state index in [1.807, 2.05) is 51.4 Å². The minimum atomic E-state index is -0.495. The first-order valence-electron chi connectivity index (χ1n) is 9.21. The van der Waals surface area contributed by atoms with Gasteiger partial charge in [-0.15, -0.1) is 11.8 Å². The average Bonchev–Trinajstić information content (AvgIpc) is 2.97. The molecule has 1 N–H and O–H groups in total. The Labute approximate surface area is 176 Å². The van der Waals surface area contributed by atoms with Crippen molar-refractivity contribution < 1.29 is 9.53 Å². The lowest BCUT2D eigenvalue weighted by Gasteiger charge is -2.20. The number of aliphatic imine (C=N–C) groups is 1. The largest absolute Gasteiger partial charge is 0.444 e. The molecule has 0 saturated carbocycles. The Kier molecular flexibility index (Phi) is 7.77. The molecule has 0 aliphatic carbocycles. The summed E-state index contributed by atoms with van der Waals surface area (Å²) in [5, 5.41) is 3.86. The molecular weight excluding hydrogens is 394 g/mol. The highest BCUT2D eigenvalue weighted by atomic mass is 32.2. The van der Waals surface area contributed by atoms with Crippen LogP contribution in [0.5, 0.6) is 0 Å². The van der Waals surface area contributed by atoms with E-state index in [2.05, 4.69) is 34.8 Å². The fourth-order valence-corrected chi connectivity index (χ4v) is 3.80. The summed E-state index contributed by atoms with van der Waals surface area (Å²) in [6.45, 7) is 12.1. The summed E-state index contributed by atoms with van der Waals surface area (Å²) in [5.74, 6) is 0.384. The summed E-state index contributed by atoms with van der Waals surface area (Å²) in [6, 6.07) is 0. The smallest absolute Gasteiger partial charge is 0.407 e. The van der Waals surface area contributed by atoms with Crippen LogP contribution in [0, 0.1) is 13.8 Å². The second kappa shape index (κ2) is 9.65. The molecule has 0 fully saturated rings. The molecule has 154 valence electrons. The van der Waals surface area contributed by atoms with E-state index in [0.29, 0.717) is 12.4 Å². The van der Waals surface area contributed by atoms with Gasteiger partial charge in [0.2, 0.25) is 0 Å². The quantitative estimate of drug-likeness (QED) is 0.417. The Morgan fingerprint density at radius 3 is 2.71 bits per heavy atom. The van der Waals surface area contributed by atoms with E-state index in [0.717, 1.165) is 34.2 Å². The van der Waals surface area contributed by atoms with E-state index >= 15 is 0 Å². The van der Waals surface area contributed by atoms with Crippen LogP contribution in [0.1, 0.15) is 51.2 Å². The molecule has 1 amide bonds. The maximum Gasteiger partial charge on any atom is 0.407 e. The zero-order chi connectivity index (χ0) is 20.9. The van der Waals surface area contributed by atoms with Crippen molar-refractivity contribution in [2.75, 3.05) is 12.4 Å². The Bertz CT molecular complexity index is 858. The number of thiol groups is 1. The molecule has 2 aromatic rings. The monoisotopic (exact) mass is 423 g/mol. The first-order valence-corrected chi connectivity index (χ1v) is 10.7. The number of hydrogen-bond donors (Lipinski definition) is 2. The number of fused-ring (bicyclic) bond motifs is 1. The van der Waals surface area contributed by atoms with Crippen LogP contribution in [-0.4, -0.2) is 48.8 Å². The number of alkyl carbamates (subject to hydrolysis) is 1. The van der Waals surface area contributed by atoms with Crippen LogP contribution < -0.4 is 5.32 Å². The number of thioether (sulfide) groups is 1. The third-order valence-electron chi connectivity index (χ3n) is 3.69. The summed E-state index contributed by atoms with van der Waals surface area (Å²) in [4.78, 5) is 25.4. The van der Waals surface area contributed by atoms with Gasteiger partial charge in [-0.2, -0.15) is 12.6 Å². The van der Waals surface area contributed by atoms with Gasteiger partial charge in [0.1, 0.15) is 16.3 Å². The number of imidazole rings is 1. The Morgan fingerprint density at radius 2 is 2.07 bits per heavy atom. The summed E-state index contributed by atoms with van der Waals surface area (Å²) >= 11 is 5.87. The fraction of sp³-hybridized carbons (Fsp3) is 0.579. The normalized spacial score (nSPS) is 13.6. The van der Waals surface area contributed by atoms with E-state index in [1.165, 1.54) is 0 Å². The van der Waals surface area contributed by atoms with Gasteiger partial charge in [0.15, 0.2) is 5.65 Å². The Hall–Kier alpha value is -1.74. The third kappa shape index (κ3) is 6.70. The maximum atomic E-state index is 11.8. The molecule has 2 rings (SSSR count). The molecule has 2 heterocycles. The maximum absolute atomic E-state index is 11.8. The molecule has 0 spiro atoms. The molecule has 9 heteroatoms. The predicted octanol–water partition coefficient (Wildman–Crippen LogP) is 4.02. The molecule has 0 radical (unpaired) electrons. The molecule has 1 atom stereocenters. The fourth-order valence-electron chi connectivity index (χ4n) is 2.59. The van der Waals surface area contributed by atoms with E-state index in [-0.39, 0.29) is 5.25 Å². The van der Waals surface area contributed by atoms with Crippen LogP contribution >= 0.6 is 24.4 Å². The lowest BCUT2D eigenvalue weighted by Crippen LogP contribution is -2.33. The van der Waals surface area contributed by atoms with Crippen molar-refractivity contribution in [3.05, 3.63) is 29.5 Å². The molecule has 0 aliphatic heterocycles. The van der Waals surface area contributed by atoms with Crippen LogP contribution in [0.15, 0.2) is 17.4 Å². The van der Waals surface area contributed by atoms with Gasteiger partial charge in [0, 0.05) is 24.2 Å². The van der Waals surface area contributed by atoms with Gasteiger partial charge in [-0.25, -0.2) is 9.78 Å². The number of ether oxygens (including phenoxy) is 1. The highest BCUT2D eigenvalue weighted by molar-refractivity contribution is 8.14. The molecule has 0 bridgehead atoms.